The molecule has 2 fully saturated rings. The van der Waals surface area contributed by atoms with E-state index in [4.69, 9.17) is 5.26 Å². The Morgan fingerprint density at radius 2 is 1.91 bits per heavy atom. The van der Waals surface area contributed by atoms with Crippen molar-refractivity contribution >= 4 is 0 Å². The van der Waals surface area contributed by atoms with Gasteiger partial charge in [0, 0.05) is 25.4 Å². The van der Waals surface area contributed by atoms with E-state index in [1.807, 2.05) is 4.57 Å². The molecule has 1 aliphatic carbocycles. The lowest BCUT2D eigenvalue weighted by Gasteiger charge is -2.31. The summed E-state index contributed by atoms with van der Waals surface area (Å²) < 4.78 is 3.52. The Hall–Kier alpha value is -1.61. The highest BCUT2D eigenvalue weighted by Crippen LogP contribution is 2.33. The first kappa shape index (κ1) is 16.3. The summed E-state index contributed by atoms with van der Waals surface area (Å²) in [4.78, 5) is 14.9. The van der Waals surface area contributed by atoms with E-state index in [9.17, 15) is 4.79 Å². The van der Waals surface area contributed by atoms with Gasteiger partial charge in [0.2, 0.25) is 0 Å². The predicted octanol–water partition coefficient (Wildman–Crippen LogP) is 2.18. The van der Waals surface area contributed by atoms with Crippen LogP contribution >= 0.6 is 0 Å². The number of hydrogen-bond acceptors (Lipinski definition) is 4. The standard InChI is InChI=1S/C17H27N5O/c1-20-17(23)22(15-6-2-3-7-15)16(19-20)14-8-12-21(13-9-14)11-5-4-10-18/h14-15H,2-9,11-13H2,1H3. The second-order valence-corrected chi connectivity index (χ2v) is 6.95. The number of piperidine rings is 1. The Morgan fingerprint density at radius 3 is 2.57 bits per heavy atom. The zero-order valence-electron chi connectivity index (χ0n) is 14.1. The molecule has 1 saturated heterocycles. The van der Waals surface area contributed by atoms with Crippen molar-refractivity contribution < 1.29 is 0 Å². The molecule has 0 aromatic carbocycles. The average Bonchev–Trinajstić information content (AvgIpc) is 3.17. The number of hydrogen-bond donors (Lipinski definition) is 0. The zero-order chi connectivity index (χ0) is 16.2. The molecule has 1 aromatic rings. The summed E-state index contributed by atoms with van der Waals surface area (Å²) in [6.07, 6.45) is 8.41. The van der Waals surface area contributed by atoms with Crippen molar-refractivity contribution in [3.63, 3.8) is 0 Å². The van der Waals surface area contributed by atoms with E-state index in [0.717, 1.165) is 57.6 Å². The maximum absolute atomic E-state index is 12.5. The van der Waals surface area contributed by atoms with E-state index in [2.05, 4.69) is 16.1 Å². The van der Waals surface area contributed by atoms with Gasteiger partial charge >= 0.3 is 5.69 Å². The summed E-state index contributed by atoms with van der Waals surface area (Å²) in [6.45, 7) is 3.11. The van der Waals surface area contributed by atoms with Crippen molar-refractivity contribution in [3.05, 3.63) is 16.3 Å². The predicted molar refractivity (Wildman–Crippen MR) is 88.2 cm³/mol. The molecule has 0 amide bonds. The SMILES string of the molecule is Cn1nc(C2CCN(CCCC#N)CC2)n(C2CCCC2)c1=O. The first-order chi connectivity index (χ1) is 11.2. The van der Waals surface area contributed by atoms with Crippen LogP contribution in [0.1, 0.15) is 69.2 Å². The molecule has 0 radical (unpaired) electrons. The normalized spacial score (nSPS) is 20.9. The van der Waals surface area contributed by atoms with Crippen molar-refractivity contribution in [3.8, 4) is 6.07 Å². The number of aromatic nitrogens is 3. The Kier molecular flexibility index (Phi) is 5.16. The summed E-state index contributed by atoms with van der Waals surface area (Å²) in [5.74, 6) is 1.41. The minimum atomic E-state index is 0.0587. The number of unbranched alkanes of at least 4 members (excludes halogenated alkanes) is 1. The fraction of sp³-hybridized carbons (Fsp3) is 0.824. The molecule has 0 unspecified atom stereocenters. The summed E-state index contributed by atoms with van der Waals surface area (Å²) in [6, 6.07) is 2.57. The van der Waals surface area contributed by atoms with E-state index >= 15 is 0 Å². The van der Waals surface area contributed by atoms with Gasteiger partial charge in [0.25, 0.3) is 0 Å². The minimum absolute atomic E-state index is 0.0587. The molecular formula is C17H27N5O. The van der Waals surface area contributed by atoms with E-state index < -0.39 is 0 Å². The van der Waals surface area contributed by atoms with Gasteiger partial charge in [0.05, 0.1) is 6.07 Å². The summed E-state index contributed by atoms with van der Waals surface area (Å²) >= 11 is 0. The third-order valence-corrected chi connectivity index (χ3v) is 5.39. The smallest absolute Gasteiger partial charge is 0.303 e. The Labute approximate surface area is 137 Å². The average molecular weight is 317 g/mol. The van der Waals surface area contributed by atoms with E-state index in [1.54, 1.807) is 7.05 Å². The van der Waals surface area contributed by atoms with Crippen LogP contribution in [0.5, 0.6) is 0 Å². The highest BCUT2D eigenvalue weighted by molar-refractivity contribution is 5.02. The van der Waals surface area contributed by atoms with Crippen LogP contribution in [0.15, 0.2) is 4.79 Å². The van der Waals surface area contributed by atoms with Gasteiger partial charge < -0.3 is 4.90 Å². The number of aryl methyl sites for hydroxylation is 1. The highest BCUT2D eigenvalue weighted by Gasteiger charge is 2.30. The summed E-state index contributed by atoms with van der Waals surface area (Å²) in [5.41, 5.74) is 0.0587. The first-order valence-corrected chi connectivity index (χ1v) is 8.95. The molecule has 0 spiro atoms. The lowest BCUT2D eigenvalue weighted by Crippen LogP contribution is -2.35. The molecule has 23 heavy (non-hydrogen) atoms. The maximum Gasteiger partial charge on any atom is 0.345 e. The second-order valence-electron chi connectivity index (χ2n) is 6.95. The van der Waals surface area contributed by atoms with Crippen LogP contribution in [-0.4, -0.2) is 38.9 Å². The fourth-order valence-corrected chi connectivity index (χ4v) is 4.08. The molecule has 2 heterocycles. The van der Waals surface area contributed by atoms with Gasteiger partial charge in [0.1, 0.15) is 5.82 Å². The number of nitriles is 1. The van der Waals surface area contributed by atoms with Crippen molar-refractivity contribution in [2.45, 2.75) is 63.3 Å². The van der Waals surface area contributed by atoms with Crippen LogP contribution < -0.4 is 5.69 Å². The van der Waals surface area contributed by atoms with Crippen LogP contribution in [0.2, 0.25) is 0 Å². The van der Waals surface area contributed by atoms with Crippen LogP contribution in [-0.2, 0) is 7.05 Å². The first-order valence-electron chi connectivity index (χ1n) is 8.95. The summed E-state index contributed by atoms with van der Waals surface area (Å²) in [7, 11) is 1.77. The van der Waals surface area contributed by atoms with Gasteiger partial charge in [-0.2, -0.15) is 10.4 Å². The van der Waals surface area contributed by atoms with Crippen molar-refractivity contribution in [1.82, 2.24) is 19.2 Å². The molecule has 3 rings (SSSR count). The molecule has 1 aliphatic heterocycles. The molecule has 6 heteroatoms. The van der Waals surface area contributed by atoms with Gasteiger partial charge in [-0.3, -0.25) is 4.57 Å². The lowest BCUT2D eigenvalue weighted by atomic mass is 9.95. The number of likely N-dealkylation sites (tertiary alicyclic amines) is 1. The third-order valence-electron chi connectivity index (χ3n) is 5.39. The molecule has 0 atom stereocenters. The third kappa shape index (κ3) is 3.50. The zero-order valence-corrected chi connectivity index (χ0v) is 14.1. The second kappa shape index (κ2) is 7.31. The Balaban J connectivity index is 1.68. The Morgan fingerprint density at radius 1 is 1.22 bits per heavy atom. The van der Waals surface area contributed by atoms with Crippen LogP contribution in [0, 0.1) is 11.3 Å². The molecule has 126 valence electrons. The quantitative estimate of drug-likeness (QED) is 0.781. The van der Waals surface area contributed by atoms with Crippen molar-refractivity contribution in [2.24, 2.45) is 7.05 Å². The monoisotopic (exact) mass is 317 g/mol. The molecule has 2 aliphatic rings. The van der Waals surface area contributed by atoms with E-state index in [1.165, 1.54) is 17.5 Å². The van der Waals surface area contributed by atoms with Gasteiger partial charge in [-0.1, -0.05) is 12.8 Å². The largest absolute Gasteiger partial charge is 0.345 e. The van der Waals surface area contributed by atoms with Crippen molar-refractivity contribution in [1.29, 1.82) is 5.26 Å². The van der Waals surface area contributed by atoms with Crippen LogP contribution in [0.25, 0.3) is 0 Å². The lowest BCUT2D eigenvalue weighted by molar-refractivity contribution is 0.204. The number of nitrogens with zero attached hydrogens (tertiary/aromatic N) is 5. The fourth-order valence-electron chi connectivity index (χ4n) is 4.08. The van der Waals surface area contributed by atoms with E-state index in [0.29, 0.717) is 18.4 Å². The Bertz CT molecular complexity index is 612. The van der Waals surface area contributed by atoms with E-state index in [-0.39, 0.29) is 5.69 Å². The molecular weight excluding hydrogens is 290 g/mol. The summed E-state index contributed by atoms with van der Waals surface area (Å²) in [5, 5.41) is 13.2. The molecule has 0 bridgehead atoms. The van der Waals surface area contributed by atoms with Crippen molar-refractivity contribution in [2.75, 3.05) is 19.6 Å². The molecule has 6 nitrogen and oxygen atoms in total. The van der Waals surface area contributed by atoms with Gasteiger partial charge in [0.15, 0.2) is 0 Å². The van der Waals surface area contributed by atoms with Crippen LogP contribution in [0.4, 0.5) is 0 Å². The molecule has 1 saturated carbocycles. The van der Waals surface area contributed by atoms with Crippen LogP contribution in [0.3, 0.4) is 0 Å². The van der Waals surface area contributed by atoms with Gasteiger partial charge in [-0.25, -0.2) is 9.48 Å². The highest BCUT2D eigenvalue weighted by atomic mass is 16.2. The maximum atomic E-state index is 12.5. The van der Waals surface area contributed by atoms with Gasteiger partial charge in [-0.15, -0.1) is 0 Å². The number of rotatable bonds is 5. The topological polar surface area (TPSA) is 66.8 Å². The minimum Gasteiger partial charge on any atom is -0.303 e. The molecule has 1 aromatic heterocycles. The van der Waals surface area contributed by atoms with Gasteiger partial charge in [-0.05, 0) is 51.7 Å². The molecule has 0 N–H and O–H groups in total.